The van der Waals surface area contributed by atoms with E-state index in [1.807, 2.05) is 0 Å². The van der Waals surface area contributed by atoms with E-state index < -0.39 is 17.9 Å². The lowest BCUT2D eigenvalue weighted by molar-refractivity contribution is -0.137. The Labute approximate surface area is 108 Å². The minimum atomic E-state index is -4.39. The average molecular weight is 278 g/mol. The predicted molar refractivity (Wildman–Crippen MR) is 60.2 cm³/mol. The molecule has 0 bridgehead atoms. The van der Waals surface area contributed by atoms with Crippen molar-refractivity contribution in [2.45, 2.75) is 31.4 Å². The minimum Gasteiger partial charge on any atom is -0.378 e. The van der Waals surface area contributed by atoms with Crippen LogP contribution >= 0.6 is 0 Å². The van der Waals surface area contributed by atoms with Gasteiger partial charge in [-0.1, -0.05) is 0 Å². The van der Waals surface area contributed by atoms with Gasteiger partial charge in [-0.3, -0.25) is 4.98 Å². The maximum atomic E-state index is 13.4. The lowest BCUT2D eigenvalue weighted by atomic mass is 10.1. The molecule has 0 saturated carbocycles. The monoisotopic (exact) mass is 278 g/mol. The van der Waals surface area contributed by atoms with Crippen LogP contribution in [0.25, 0.3) is 0 Å². The standard InChI is InChI=1S/C12H14F4N2O/c13-10-7-19-4-3-11(10)18-6-9-2-1-8(5-17-9)12(14,15)16/h1-2,5,10-11,18H,3-4,6-7H2/t10-,11-/m1/s1. The van der Waals surface area contributed by atoms with Crippen LogP contribution in [0.2, 0.25) is 0 Å². The normalized spacial score (nSPS) is 24.4. The zero-order chi connectivity index (χ0) is 13.9. The molecule has 1 fully saturated rings. The highest BCUT2D eigenvalue weighted by Crippen LogP contribution is 2.28. The second kappa shape index (κ2) is 5.83. The summed E-state index contributed by atoms with van der Waals surface area (Å²) in [5.74, 6) is 0. The summed E-state index contributed by atoms with van der Waals surface area (Å²) in [6.07, 6.45) is -4.15. The van der Waals surface area contributed by atoms with E-state index in [1.165, 1.54) is 6.07 Å². The first kappa shape index (κ1) is 14.2. The molecule has 1 aromatic rings. The summed E-state index contributed by atoms with van der Waals surface area (Å²) < 4.78 is 55.4. The van der Waals surface area contributed by atoms with Gasteiger partial charge in [-0.15, -0.1) is 0 Å². The molecular formula is C12H14F4N2O. The van der Waals surface area contributed by atoms with Crippen LogP contribution in [0.4, 0.5) is 17.6 Å². The van der Waals surface area contributed by atoms with Crippen molar-refractivity contribution in [3.63, 3.8) is 0 Å². The van der Waals surface area contributed by atoms with Crippen molar-refractivity contribution >= 4 is 0 Å². The summed E-state index contributed by atoms with van der Waals surface area (Å²) >= 11 is 0. The molecule has 106 valence electrons. The number of hydrogen-bond donors (Lipinski definition) is 1. The van der Waals surface area contributed by atoms with Gasteiger partial charge in [-0.2, -0.15) is 13.2 Å². The van der Waals surface area contributed by atoms with Crippen LogP contribution in [0.5, 0.6) is 0 Å². The third kappa shape index (κ3) is 3.87. The number of rotatable bonds is 3. The molecule has 7 heteroatoms. The highest BCUT2D eigenvalue weighted by molar-refractivity contribution is 5.16. The van der Waals surface area contributed by atoms with E-state index in [0.717, 1.165) is 12.3 Å². The Balaban J connectivity index is 1.89. The van der Waals surface area contributed by atoms with Gasteiger partial charge >= 0.3 is 6.18 Å². The van der Waals surface area contributed by atoms with Crippen LogP contribution < -0.4 is 5.32 Å². The molecule has 0 amide bonds. The van der Waals surface area contributed by atoms with Crippen molar-refractivity contribution in [1.82, 2.24) is 10.3 Å². The molecule has 0 aromatic carbocycles. The van der Waals surface area contributed by atoms with Crippen molar-refractivity contribution in [2.75, 3.05) is 13.2 Å². The van der Waals surface area contributed by atoms with E-state index in [9.17, 15) is 17.6 Å². The molecule has 1 saturated heterocycles. The molecule has 1 aliphatic heterocycles. The Bertz CT molecular complexity index is 407. The zero-order valence-corrected chi connectivity index (χ0v) is 10.1. The molecule has 1 aliphatic rings. The topological polar surface area (TPSA) is 34.1 Å². The molecule has 3 nitrogen and oxygen atoms in total. The van der Waals surface area contributed by atoms with Gasteiger partial charge in [0.25, 0.3) is 0 Å². The number of hydrogen-bond acceptors (Lipinski definition) is 3. The summed E-state index contributed by atoms with van der Waals surface area (Å²) in [5, 5.41) is 2.95. The van der Waals surface area contributed by atoms with Crippen molar-refractivity contribution in [3.05, 3.63) is 29.6 Å². The number of nitrogens with one attached hydrogen (secondary N) is 1. The highest BCUT2D eigenvalue weighted by atomic mass is 19.4. The highest BCUT2D eigenvalue weighted by Gasteiger charge is 2.30. The quantitative estimate of drug-likeness (QED) is 0.862. The van der Waals surface area contributed by atoms with Gasteiger partial charge < -0.3 is 10.1 Å². The molecule has 2 rings (SSSR count). The molecular weight excluding hydrogens is 264 g/mol. The van der Waals surface area contributed by atoms with Crippen LogP contribution in [-0.2, 0) is 17.5 Å². The van der Waals surface area contributed by atoms with Crippen LogP contribution in [0.3, 0.4) is 0 Å². The number of aromatic nitrogens is 1. The molecule has 0 unspecified atom stereocenters. The van der Waals surface area contributed by atoms with Gasteiger partial charge in [0.05, 0.1) is 17.9 Å². The number of nitrogens with zero attached hydrogens (tertiary/aromatic N) is 1. The number of halogens is 4. The molecule has 0 spiro atoms. The predicted octanol–water partition coefficient (Wildman–Crippen LogP) is 2.32. The van der Waals surface area contributed by atoms with Gasteiger partial charge in [-0.25, -0.2) is 4.39 Å². The Morgan fingerprint density at radius 3 is 2.74 bits per heavy atom. The molecule has 0 aliphatic carbocycles. The maximum Gasteiger partial charge on any atom is 0.417 e. The van der Waals surface area contributed by atoms with E-state index >= 15 is 0 Å². The fourth-order valence-electron chi connectivity index (χ4n) is 1.87. The summed E-state index contributed by atoms with van der Waals surface area (Å²) in [7, 11) is 0. The summed E-state index contributed by atoms with van der Waals surface area (Å²) in [6.45, 7) is 0.778. The van der Waals surface area contributed by atoms with Gasteiger partial charge in [0.15, 0.2) is 0 Å². The van der Waals surface area contributed by atoms with Crippen molar-refractivity contribution in [3.8, 4) is 0 Å². The molecule has 2 atom stereocenters. The third-order valence-electron chi connectivity index (χ3n) is 2.98. The van der Waals surface area contributed by atoms with E-state index in [2.05, 4.69) is 10.3 Å². The van der Waals surface area contributed by atoms with Crippen LogP contribution in [-0.4, -0.2) is 30.4 Å². The molecule has 19 heavy (non-hydrogen) atoms. The number of pyridine rings is 1. The fraction of sp³-hybridized carbons (Fsp3) is 0.583. The largest absolute Gasteiger partial charge is 0.417 e. The molecule has 0 radical (unpaired) electrons. The summed E-state index contributed by atoms with van der Waals surface area (Å²) in [6, 6.07) is 1.93. The Kier molecular flexibility index (Phi) is 4.36. The third-order valence-corrected chi connectivity index (χ3v) is 2.98. The second-order valence-corrected chi connectivity index (χ2v) is 4.40. The van der Waals surface area contributed by atoms with E-state index in [0.29, 0.717) is 18.7 Å². The zero-order valence-electron chi connectivity index (χ0n) is 10.1. The van der Waals surface area contributed by atoms with Crippen LogP contribution in [0.1, 0.15) is 17.7 Å². The van der Waals surface area contributed by atoms with Crippen LogP contribution in [0.15, 0.2) is 18.3 Å². The van der Waals surface area contributed by atoms with E-state index in [1.54, 1.807) is 0 Å². The van der Waals surface area contributed by atoms with E-state index in [4.69, 9.17) is 4.74 Å². The summed E-state index contributed by atoms with van der Waals surface area (Å²) in [4.78, 5) is 3.72. The SMILES string of the molecule is F[C@@H]1COCC[C@H]1NCc1ccc(C(F)(F)F)cn1. The number of alkyl halides is 4. The van der Waals surface area contributed by atoms with Gasteiger partial charge in [0.2, 0.25) is 0 Å². The minimum absolute atomic E-state index is 0.0537. The summed E-state index contributed by atoms with van der Waals surface area (Å²) in [5.41, 5.74) is -0.336. The van der Waals surface area contributed by atoms with Gasteiger partial charge in [-0.05, 0) is 18.6 Å². The smallest absolute Gasteiger partial charge is 0.378 e. The Morgan fingerprint density at radius 2 is 2.16 bits per heavy atom. The lowest BCUT2D eigenvalue weighted by Crippen LogP contribution is -2.43. The first-order chi connectivity index (χ1) is 8.97. The fourth-order valence-corrected chi connectivity index (χ4v) is 1.87. The Morgan fingerprint density at radius 1 is 1.37 bits per heavy atom. The maximum absolute atomic E-state index is 13.4. The van der Waals surface area contributed by atoms with Crippen molar-refractivity contribution in [2.24, 2.45) is 0 Å². The Hall–Kier alpha value is -1.21. The molecule has 1 aromatic heterocycles. The average Bonchev–Trinajstić information content (AvgIpc) is 2.37. The van der Waals surface area contributed by atoms with Gasteiger partial charge in [0.1, 0.15) is 6.17 Å². The van der Waals surface area contributed by atoms with Gasteiger partial charge in [0, 0.05) is 25.4 Å². The first-order valence-electron chi connectivity index (χ1n) is 5.94. The van der Waals surface area contributed by atoms with E-state index in [-0.39, 0.29) is 19.2 Å². The first-order valence-corrected chi connectivity index (χ1v) is 5.94. The molecule has 2 heterocycles. The van der Waals surface area contributed by atoms with Crippen molar-refractivity contribution in [1.29, 1.82) is 0 Å². The molecule has 1 N–H and O–H groups in total. The van der Waals surface area contributed by atoms with Crippen LogP contribution in [0, 0.1) is 0 Å². The number of ether oxygens (including phenoxy) is 1. The second-order valence-electron chi connectivity index (χ2n) is 4.40. The lowest BCUT2D eigenvalue weighted by Gasteiger charge is -2.26. The van der Waals surface area contributed by atoms with Crippen molar-refractivity contribution < 1.29 is 22.3 Å².